The third-order valence-electron chi connectivity index (χ3n) is 6.76. The molecule has 1 aliphatic heterocycles. The van der Waals surface area contributed by atoms with Gasteiger partial charge in [-0.3, -0.25) is 9.59 Å². The summed E-state index contributed by atoms with van der Waals surface area (Å²) in [5.74, 6) is -1.02. The number of furan rings is 1. The number of hydrogen-bond acceptors (Lipinski definition) is 8. The Morgan fingerprint density at radius 1 is 0.974 bits per heavy atom. The highest BCUT2D eigenvalue weighted by molar-refractivity contribution is 5.94. The molecule has 194 valence electrons. The van der Waals surface area contributed by atoms with Crippen LogP contribution in [0.25, 0.3) is 33.4 Å². The van der Waals surface area contributed by atoms with E-state index in [1.54, 1.807) is 55.6 Å². The minimum Gasteiger partial charge on any atom is -0.507 e. The highest BCUT2D eigenvalue weighted by Gasteiger charge is 2.35. The summed E-state index contributed by atoms with van der Waals surface area (Å²) in [6.07, 6.45) is 1.24. The molecule has 0 bridgehead atoms. The summed E-state index contributed by atoms with van der Waals surface area (Å²) in [7, 11) is 1.54. The van der Waals surface area contributed by atoms with E-state index in [0.717, 1.165) is 0 Å². The summed E-state index contributed by atoms with van der Waals surface area (Å²) in [4.78, 5) is 37.2. The number of benzene rings is 3. The molecule has 0 radical (unpaired) electrons. The maximum absolute atomic E-state index is 13.5. The van der Waals surface area contributed by atoms with Crippen LogP contribution in [0.5, 0.6) is 17.2 Å². The zero-order valence-corrected chi connectivity index (χ0v) is 20.5. The van der Waals surface area contributed by atoms with Gasteiger partial charge in [0.2, 0.25) is 5.43 Å². The van der Waals surface area contributed by atoms with Crippen LogP contribution in [0.15, 0.2) is 86.6 Å². The molecule has 0 aliphatic carbocycles. The minimum absolute atomic E-state index is 0.0407. The molecule has 2 N–H and O–H groups in total. The first-order valence-corrected chi connectivity index (χ1v) is 11.9. The highest BCUT2D eigenvalue weighted by Crippen LogP contribution is 2.46. The first kappa shape index (κ1) is 24.1. The van der Waals surface area contributed by atoms with Crippen LogP contribution in [-0.4, -0.2) is 29.3 Å². The zero-order chi connectivity index (χ0) is 27.3. The van der Waals surface area contributed by atoms with Crippen LogP contribution in [0, 0.1) is 0 Å². The van der Waals surface area contributed by atoms with Crippen molar-refractivity contribution in [2.45, 2.75) is 12.3 Å². The number of phenols is 1. The lowest BCUT2D eigenvalue weighted by Gasteiger charge is -2.24. The fourth-order valence-electron chi connectivity index (χ4n) is 4.82. The molecule has 0 saturated heterocycles. The molecule has 9 heteroatoms. The van der Waals surface area contributed by atoms with Crippen LogP contribution in [0.4, 0.5) is 0 Å². The number of esters is 1. The van der Waals surface area contributed by atoms with E-state index in [1.807, 2.05) is 0 Å². The second-order valence-electron chi connectivity index (χ2n) is 9.03. The van der Waals surface area contributed by atoms with Gasteiger partial charge in [0.1, 0.15) is 46.0 Å². The van der Waals surface area contributed by atoms with Gasteiger partial charge in [-0.1, -0.05) is 24.3 Å². The van der Waals surface area contributed by atoms with E-state index in [1.165, 1.54) is 24.5 Å². The number of carboxylic acids is 1. The molecule has 0 amide bonds. The van der Waals surface area contributed by atoms with Gasteiger partial charge in [0, 0.05) is 17.2 Å². The van der Waals surface area contributed by atoms with Gasteiger partial charge in [-0.05, 0) is 42.0 Å². The lowest BCUT2D eigenvalue weighted by atomic mass is 9.88. The largest absolute Gasteiger partial charge is 0.507 e. The molecule has 39 heavy (non-hydrogen) atoms. The van der Waals surface area contributed by atoms with Gasteiger partial charge in [0.15, 0.2) is 0 Å². The number of carbonyl (C=O) groups excluding carboxylic acids is 1. The number of aromatic hydroxyl groups is 1. The number of fused-ring (bicyclic) bond motifs is 3. The van der Waals surface area contributed by atoms with Crippen molar-refractivity contribution in [3.63, 3.8) is 0 Å². The molecule has 0 saturated carbocycles. The van der Waals surface area contributed by atoms with Crippen LogP contribution in [0.1, 0.15) is 34.0 Å². The van der Waals surface area contributed by atoms with Gasteiger partial charge >= 0.3 is 11.9 Å². The third-order valence-corrected chi connectivity index (χ3v) is 6.76. The predicted molar refractivity (Wildman–Crippen MR) is 139 cm³/mol. The Balaban J connectivity index is 1.47. The van der Waals surface area contributed by atoms with Crippen LogP contribution in [0.3, 0.4) is 0 Å². The van der Waals surface area contributed by atoms with Crippen molar-refractivity contribution in [2.24, 2.45) is 0 Å². The van der Waals surface area contributed by atoms with E-state index >= 15 is 0 Å². The second kappa shape index (κ2) is 9.21. The average Bonchev–Trinajstić information content (AvgIpc) is 3.43. The maximum atomic E-state index is 13.5. The number of rotatable bonds is 5. The Labute approximate surface area is 220 Å². The Kier molecular flexibility index (Phi) is 5.68. The maximum Gasteiger partial charge on any atom is 0.335 e. The second-order valence-corrected chi connectivity index (χ2v) is 9.03. The predicted octanol–water partition coefficient (Wildman–Crippen LogP) is 5.57. The Bertz CT molecular complexity index is 1810. The Hall–Kier alpha value is -5.31. The van der Waals surface area contributed by atoms with Gasteiger partial charge in [0.05, 0.1) is 30.6 Å². The molecule has 6 rings (SSSR count). The van der Waals surface area contributed by atoms with Crippen molar-refractivity contribution < 1.29 is 38.1 Å². The summed E-state index contributed by atoms with van der Waals surface area (Å²) in [5, 5.41) is 19.9. The topological polar surface area (TPSA) is 136 Å². The van der Waals surface area contributed by atoms with Gasteiger partial charge in [-0.2, -0.15) is 0 Å². The van der Waals surface area contributed by atoms with Crippen molar-refractivity contribution in [1.29, 1.82) is 0 Å². The average molecular weight is 524 g/mol. The summed E-state index contributed by atoms with van der Waals surface area (Å²) in [6, 6.07) is 17.7. The molecular formula is C30H20O9. The molecule has 5 aromatic rings. The fraction of sp³-hybridized carbons (Fsp3) is 0.100. The van der Waals surface area contributed by atoms with Crippen LogP contribution >= 0.6 is 0 Å². The van der Waals surface area contributed by atoms with Crippen LogP contribution < -0.4 is 14.9 Å². The van der Waals surface area contributed by atoms with Gasteiger partial charge in [-0.15, -0.1) is 0 Å². The lowest BCUT2D eigenvalue weighted by molar-refractivity contribution is -0.135. The number of methoxy groups -OCH3 is 1. The zero-order valence-electron chi connectivity index (χ0n) is 20.5. The molecule has 1 atom stereocenters. The molecule has 0 spiro atoms. The SMILES string of the molecule is COc1ccc(-c2coc3c4c(cc(O)c3c2=O)OC(=O)C[C@H]4c2ccc(-c3ccc(C(=O)O)cc3)o2)cc1. The molecule has 9 nitrogen and oxygen atoms in total. The van der Waals surface area contributed by atoms with E-state index in [4.69, 9.17) is 23.4 Å². The smallest absolute Gasteiger partial charge is 0.335 e. The van der Waals surface area contributed by atoms with Crippen LogP contribution in [0.2, 0.25) is 0 Å². The normalized spacial score (nSPS) is 14.6. The standard InChI is InChI=1S/C30H20O9/c1-36-18-8-6-15(7-9-18)20-14-37-29-26-19(12-25(32)39-24(26)13-21(31)27(29)28(20)33)23-11-10-22(38-23)16-2-4-17(5-3-16)30(34)35/h2-11,13-14,19,31H,12H2,1H3,(H,34,35)/t19-/m0/s1. The minimum atomic E-state index is -1.04. The summed E-state index contributed by atoms with van der Waals surface area (Å²) < 4.78 is 22.6. The van der Waals surface area contributed by atoms with E-state index < -0.39 is 23.3 Å². The Morgan fingerprint density at radius 2 is 1.69 bits per heavy atom. The number of phenolic OH excluding ortho intramolecular Hbond substituents is 1. The lowest BCUT2D eigenvalue weighted by Crippen LogP contribution is -2.21. The molecule has 3 heterocycles. The van der Waals surface area contributed by atoms with Gasteiger partial charge in [-0.25, -0.2) is 4.79 Å². The van der Waals surface area contributed by atoms with Gasteiger partial charge < -0.3 is 28.5 Å². The molecular weight excluding hydrogens is 504 g/mol. The first-order chi connectivity index (χ1) is 18.8. The first-order valence-electron chi connectivity index (χ1n) is 11.9. The molecule has 1 aliphatic rings. The monoisotopic (exact) mass is 524 g/mol. The Morgan fingerprint density at radius 3 is 2.38 bits per heavy atom. The number of carbonyl (C=O) groups is 2. The summed E-state index contributed by atoms with van der Waals surface area (Å²) in [6.45, 7) is 0. The van der Waals surface area contributed by atoms with Crippen molar-refractivity contribution in [2.75, 3.05) is 7.11 Å². The van der Waals surface area contributed by atoms with Crippen LogP contribution in [-0.2, 0) is 4.79 Å². The highest BCUT2D eigenvalue weighted by atomic mass is 16.5. The number of hydrogen-bond donors (Lipinski definition) is 2. The van der Waals surface area contributed by atoms with E-state index in [-0.39, 0.29) is 40.0 Å². The number of ether oxygens (including phenoxy) is 2. The molecule has 3 aromatic carbocycles. The summed E-state index contributed by atoms with van der Waals surface area (Å²) >= 11 is 0. The van der Waals surface area contributed by atoms with Crippen molar-refractivity contribution in [3.05, 3.63) is 100 Å². The number of aromatic carboxylic acids is 1. The van der Waals surface area contributed by atoms with E-state index in [0.29, 0.717) is 34.0 Å². The van der Waals surface area contributed by atoms with Crippen molar-refractivity contribution >= 4 is 22.9 Å². The van der Waals surface area contributed by atoms with E-state index in [9.17, 15) is 19.5 Å². The molecule has 2 aromatic heterocycles. The quantitative estimate of drug-likeness (QED) is 0.223. The fourth-order valence-corrected chi connectivity index (χ4v) is 4.82. The summed E-state index contributed by atoms with van der Waals surface area (Å²) in [5.41, 5.74) is 1.67. The third kappa shape index (κ3) is 4.10. The number of carboxylic acid groups (broad SMARTS) is 1. The van der Waals surface area contributed by atoms with Gasteiger partial charge in [0.25, 0.3) is 0 Å². The van der Waals surface area contributed by atoms with Crippen molar-refractivity contribution in [1.82, 2.24) is 0 Å². The van der Waals surface area contributed by atoms with E-state index in [2.05, 4.69) is 0 Å². The van der Waals surface area contributed by atoms with Crippen molar-refractivity contribution in [3.8, 4) is 39.7 Å². The molecule has 0 fully saturated rings. The molecule has 0 unspecified atom stereocenters.